The van der Waals surface area contributed by atoms with E-state index in [1.807, 2.05) is 31.4 Å². The predicted molar refractivity (Wildman–Crippen MR) is 44.6 cm³/mol. The molecule has 0 aromatic carbocycles. The molecule has 0 radical (unpaired) electrons. The summed E-state index contributed by atoms with van der Waals surface area (Å²) in [4.78, 5) is 0. The van der Waals surface area contributed by atoms with Gasteiger partial charge in [0, 0.05) is 7.05 Å². The molecule has 0 heterocycles. The zero-order valence-corrected chi connectivity index (χ0v) is 6.46. The van der Waals surface area contributed by atoms with Gasteiger partial charge in [0.2, 0.25) is 0 Å². The first kappa shape index (κ1) is 7.62. The topological polar surface area (TPSA) is 35.8 Å². The fraction of sp³-hybridized carbons (Fsp3) is 0.222. The summed E-state index contributed by atoms with van der Waals surface area (Å²) in [5.41, 5.74) is 1.59. The molecule has 1 rings (SSSR count). The molecule has 1 aliphatic rings. The average molecular weight is 146 g/mol. The second-order valence-electron chi connectivity index (χ2n) is 2.23. The minimum absolute atomic E-state index is 0.696. The van der Waals surface area contributed by atoms with Crippen molar-refractivity contribution >= 4 is 0 Å². The highest BCUT2D eigenvalue weighted by Gasteiger charge is 1.98. The van der Waals surface area contributed by atoms with Crippen molar-refractivity contribution in [3.63, 3.8) is 0 Å². The van der Waals surface area contributed by atoms with E-state index < -0.39 is 0 Å². The summed E-state index contributed by atoms with van der Waals surface area (Å²) in [5.74, 6) is 0. The highest BCUT2D eigenvalue weighted by Crippen LogP contribution is 2.08. The summed E-state index contributed by atoms with van der Waals surface area (Å²) in [6, 6.07) is 2.12. The minimum atomic E-state index is 0.696. The number of rotatable bonds is 1. The van der Waals surface area contributed by atoms with Crippen LogP contribution in [0.15, 0.2) is 35.6 Å². The predicted octanol–water partition coefficient (Wildman–Crippen LogP) is 1.50. The number of allylic oxidation sites excluding steroid dienone is 5. The summed E-state index contributed by atoms with van der Waals surface area (Å²) < 4.78 is 0. The third-order valence-electron chi connectivity index (χ3n) is 1.52. The lowest BCUT2D eigenvalue weighted by Gasteiger charge is -1.99. The lowest BCUT2D eigenvalue weighted by molar-refractivity contribution is 1.02. The van der Waals surface area contributed by atoms with Crippen LogP contribution in [0.4, 0.5) is 0 Å². The second-order valence-corrected chi connectivity index (χ2v) is 2.23. The van der Waals surface area contributed by atoms with Crippen LogP contribution in [-0.4, -0.2) is 7.05 Å². The Morgan fingerprint density at radius 2 is 2.18 bits per heavy atom. The molecule has 2 nitrogen and oxygen atoms in total. The Bertz CT molecular complexity index is 264. The highest BCUT2D eigenvalue weighted by molar-refractivity contribution is 5.43. The molecule has 56 valence electrons. The molecule has 0 aromatic rings. The van der Waals surface area contributed by atoms with Gasteiger partial charge in [-0.3, -0.25) is 0 Å². The van der Waals surface area contributed by atoms with E-state index in [0.717, 1.165) is 12.1 Å². The summed E-state index contributed by atoms with van der Waals surface area (Å²) in [6.45, 7) is 0. The average Bonchev–Trinajstić information content (AvgIpc) is 2.27. The van der Waals surface area contributed by atoms with Gasteiger partial charge in [-0.2, -0.15) is 5.26 Å². The molecular weight excluding hydrogens is 136 g/mol. The molecule has 2 heteroatoms. The summed E-state index contributed by atoms with van der Waals surface area (Å²) >= 11 is 0. The molecule has 0 aromatic heterocycles. The van der Waals surface area contributed by atoms with Crippen molar-refractivity contribution < 1.29 is 0 Å². The number of nitrogens with zero attached hydrogens (tertiary/aromatic N) is 1. The number of hydrogen-bond donors (Lipinski definition) is 1. The van der Waals surface area contributed by atoms with Gasteiger partial charge < -0.3 is 5.32 Å². The number of nitrogens with one attached hydrogen (secondary N) is 1. The molecule has 0 amide bonds. The highest BCUT2D eigenvalue weighted by atomic mass is 14.8. The molecule has 1 N–H and O–H groups in total. The van der Waals surface area contributed by atoms with E-state index in [1.54, 1.807) is 0 Å². The van der Waals surface area contributed by atoms with Crippen molar-refractivity contribution in [3.05, 3.63) is 35.6 Å². The van der Waals surface area contributed by atoms with Crippen molar-refractivity contribution in [1.82, 2.24) is 5.32 Å². The first-order valence-electron chi connectivity index (χ1n) is 3.53. The Kier molecular flexibility index (Phi) is 2.51. The van der Waals surface area contributed by atoms with Gasteiger partial charge >= 0.3 is 0 Å². The third kappa shape index (κ3) is 1.71. The van der Waals surface area contributed by atoms with Crippen LogP contribution in [0.2, 0.25) is 0 Å². The maximum atomic E-state index is 8.68. The quantitative estimate of drug-likeness (QED) is 0.608. The molecule has 0 atom stereocenters. The van der Waals surface area contributed by atoms with E-state index >= 15 is 0 Å². The van der Waals surface area contributed by atoms with Gasteiger partial charge in [-0.25, -0.2) is 0 Å². The summed E-state index contributed by atoms with van der Waals surface area (Å²) in [6.07, 6.45) is 8.66. The molecule has 11 heavy (non-hydrogen) atoms. The fourth-order valence-electron chi connectivity index (χ4n) is 0.945. The molecule has 1 aliphatic carbocycles. The van der Waals surface area contributed by atoms with E-state index in [4.69, 9.17) is 5.26 Å². The van der Waals surface area contributed by atoms with Crippen LogP contribution >= 0.6 is 0 Å². The van der Waals surface area contributed by atoms with Crippen LogP contribution < -0.4 is 5.32 Å². The van der Waals surface area contributed by atoms with Crippen LogP contribution in [0, 0.1) is 11.3 Å². The van der Waals surface area contributed by atoms with E-state index in [9.17, 15) is 0 Å². The van der Waals surface area contributed by atoms with Crippen LogP contribution in [-0.2, 0) is 0 Å². The Labute approximate surface area is 66.5 Å². The van der Waals surface area contributed by atoms with Gasteiger partial charge in [-0.15, -0.1) is 0 Å². The minimum Gasteiger partial charge on any atom is -0.387 e. The van der Waals surface area contributed by atoms with E-state index in [0.29, 0.717) is 5.57 Å². The second kappa shape index (κ2) is 3.62. The third-order valence-corrected chi connectivity index (χ3v) is 1.52. The Morgan fingerprint density at radius 3 is 2.82 bits per heavy atom. The van der Waals surface area contributed by atoms with Crippen LogP contribution in [0.5, 0.6) is 0 Å². The van der Waals surface area contributed by atoms with Crippen LogP contribution in [0.25, 0.3) is 0 Å². The van der Waals surface area contributed by atoms with Gasteiger partial charge in [0.15, 0.2) is 0 Å². The maximum absolute atomic E-state index is 8.68. The lowest BCUT2D eigenvalue weighted by Crippen LogP contribution is -2.04. The lowest BCUT2D eigenvalue weighted by atomic mass is 10.2. The molecule has 0 saturated heterocycles. The monoisotopic (exact) mass is 146 g/mol. The van der Waals surface area contributed by atoms with Gasteiger partial charge in [0.25, 0.3) is 0 Å². The number of nitriles is 1. The molecular formula is C9H10N2. The van der Waals surface area contributed by atoms with Crippen molar-refractivity contribution in [2.75, 3.05) is 7.05 Å². The van der Waals surface area contributed by atoms with Gasteiger partial charge in [0.1, 0.15) is 6.07 Å². The zero-order valence-electron chi connectivity index (χ0n) is 6.46. The maximum Gasteiger partial charge on any atom is 0.101 e. The molecule has 0 aliphatic heterocycles. The van der Waals surface area contributed by atoms with E-state index in [1.165, 1.54) is 0 Å². The molecule has 0 spiro atoms. The first-order chi connectivity index (χ1) is 5.38. The molecule has 0 fully saturated rings. The Hall–Kier alpha value is -1.49. The molecule has 0 saturated carbocycles. The van der Waals surface area contributed by atoms with Crippen LogP contribution in [0.1, 0.15) is 6.42 Å². The van der Waals surface area contributed by atoms with Crippen LogP contribution in [0.3, 0.4) is 0 Å². The molecule has 0 unspecified atom stereocenters. The first-order valence-corrected chi connectivity index (χ1v) is 3.53. The standard InChI is InChI=1S/C9H10N2/c1-11-9-6-4-2-3-5-8(9)7-10/h3-6,11H,2H2,1H3. The van der Waals surface area contributed by atoms with Crippen molar-refractivity contribution in [2.45, 2.75) is 6.42 Å². The number of hydrogen-bond acceptors (Lipinski definition) is 2. The number of likely N-dealkylation sites (N-methyl/N-ethyl adjacent to an activating group) is 1. The van der Waals surface area contributed by atoms with Crippen molar-refractivity contribution in [1.29, 1.82) is 5.26 Å². The van der Waals surface area contributed by atoms with E-state index in [-0.39, 0.29) is 0 Å². The van der Waals surface area contributed by atoms with Crippen molar-refractivity contribution in [3.8, 4) is 6.07 Å². The zero-order chi connectivity index (χ0) is 8.10. The largest absolute Gasteiger partial charge is 0.387 e. The van der Waals surface area contributed by atoms with Gasteiger partial charge in [-0.1, -0.05) is 12.2 Å². The Morgan fingerprint density at radius 1 is 1.45 bits per heavy atom. The fourth-order valence-corrected chi connectivity index (χ4v) is 0.945. The Balaban J connectivity index is 3.02. The summed E-state index contributed by atoms with van der Waals surface area (Å²) in [7, 11) is 1.82. The van der Waals surface area contributed by atoms with Crippen molar-refractivity contribution in [2.24, 2.45) is 0 Å². The SMILES string of the molecule is CNC1=C(C#N)C=CCC=C1. The van der Waals surface area contributed by atoms with Gasteiger partial charge in [-0.05, 0) is 18.6 Å². The smallest absolute Gasteiger partial charge is 0.101 e. The van der Waals surface area contributed by atoms with E-state index in [2.05, 4.69) is 11.4 Å². The molecule has 0 bridgehead atoms. The summed E-state index contributed by atoms with van der Waals surface area (Å²) in [5, 5.41) is 11.6. The normalized spacial score (nSPS) is 16.0. The van der Waals surface area contributed by atoms with Gasteiger partial charge in [0.05, 0.1) is 11.3 Å².